The van der Waals surface area contributed by atoms with E-state index in [1.807, 2.05) is 60.7 Å². The molecule has 0 heterocycles. The maximum Gasteiger partial charge on any atom is 0.128 e. The maximum atomic E-state index is 10.2. The highest BCUT2D eigenvalue weighted by atomic mass is 16.3. The molecule has 23 heavy (non-hydrogen) atoms. The Labute approximate surface area is 135 Å². The van der Waals surface area contributed by atoms with E-state index in [4.69, 9.17) is 4.99 Å². The first kappa shape index (κ1) is 14.9. The van der Waals surface area contributed by atoms with Crippen molar-refractivity contribution < 1.29 is 10.2 Å². The van der Waals surface area contributed by atoms with E-state index < -0.39 is 0 Å². The molecule has 0 aliphatic carbocycles. The molecule has 3 heteroatoms. The number of rotatable bonds is 4. The Morgan fingerprint density at radius 2 is 1.43 bits per heavy atom. The average Bonchev–Trinajstić information content (AvgIpc) is 2.58. The summed E-state index contributed by atoms with van der Waals surface area (Å²) in [6, 6.07) is 24.2. The van der Waals surface area contributed by atoms with Gasteiger partial charge < -0.3 is 10.2 Å². The van der Waals surface area contributed by atoms with Gasteiger partial charge in [-0.1, -0.05) is 60.7 Å². The number of benzene rings is 3. The Balaban J connectivity index is 2.04. The second-order valence-corrected chi connectivity index (χ2v) is 5.22. The highest BCUT2D eigenvalue weighted by Gasteiger charge is 2.12. The van der Waals surface area contributed by atoms with Gasteiger partial charge in [0.1, 0.15) is 11.5 Å². The SMILES string of the molecule is Oc1ccc(/C(=N/Cc2ccccc2)c2ccccc2)c(O)c1. The molecule has 3 aromatic rings. The van der Waals surface area contributed by atoms with E-state index in [0.717, 1.165) is 11.1 Å². The van der Waals surface area contributed by atoms with Crippen LogP contribution in [0, 0.1) is 0 Å². The largest absolute Gasteiger partial charge is 0.508 e. The highest BCUT2D eigenvalue weighted by Crippen LogP contribution is 2.26. The molecule has 3 rings (SSSR count). The number of nitrogens with zero attached hydrogens (tertiary/aromatic N) is 1. The van der Waals surface area contributed by atoms with Crippen LogP contribution in [0.4, 0.5) is 0 Å². The van der Waals surface area contributed by atoms with Gasteiger partial charge in [-0.25, -0.2) is 0 Å². The van der Waals surface area contributed by atoms with E-state index in [1.54, 1.807) is 12.1 Å². The van der Waals surface area contributed by atoms with Crippen molar-refractivity contribution in [3.63, 3.8) is 0 Å². The molecule has 114 valence electrons. The lowest BCUT2D eigenvalue weighted by atomic mass is 10.0. The van der Waals surface area contributed by atoms with Gasteiger partial charge in [-0.05, 0) is 17.7 Å². The molecule has 0 aliphatic heterocycles. The lowest BCUT2D eigenvalue weighted by Gasteiger charge is -2.10. The summed E-state index contributed by atoms with van der Waals surface area (Å²) in [6.07, 6.45) is 0. The topological polar surface area (TPSA) is 52.8 Å². The van der Waals surface area contributed by atoms with E-state index in [9.17, 15) is 10.2 Å². The summed E-state index contributed by atoms with van der Waals surface area (Å²) in [4.78, 5) is 4.70. The van der Waals surface area contributed by atoms with Crippen LogP contribution in [-0.4, -0.2) is 15.9 Å². The minimum absolute atomic E-state index is 0.0145. The van der Waals surface area contributed by atoms with Crippen molar-refractivity contribution in [1.82, 2.24) is 0 Å². The lowest BCUT2D eigenvalue weighted by Crippen LogP contribution is -2.04. The molecule has 0 saturated carbocycles. The first-order valence-electron chi connectivity index (χ1n) is 7.40. The molecular weight excluding hydrogens is 286 g/mol. The summed E-state index contributed by atoms with van der Waals surface area (Å²) in [6.45, 7) is 0.519. The van der Waals surface area contributed by atoms with Crippen LogP contribution in [-0.2, 0) is 6.54 Å². The van der Waals surface area contributed by atoms with Gasteiger partial charge in [0, 0.05) is 17.2 Å². The van der Waals surface area contributed by atoms with Crippen LogP contribution >= 0.6 is 0 Å². The minimum Gasteiger partial charge on any atom is -0.508 e. The van der Waals surface area contributed by atoms with Crippen LogP contribution in [0.3, 0.4) is 0 Å². The third-order valence-corrected chi connectivity index (χ3v) is 3.55. The fraction of sp³-hybridized carbons (Fsp3) is 0.0500. The zero-order chi connectivity index (χ0) is 16.1. The number of hydrogen-bond acceptors (Lipinski definition) is 3. The van der Waals surface area contributed by atoms with Crippen LogP contribution in [0.25, 0.3) is 0 Å². The van der Waals surface area contributed by atoms with Crippen LogP contribution < -0.4 is 0 Å². The summed E-state index contributed by atoms with van der Waals surface area (Å²) in [5, 5.41) is 19.7. The summed E-state index contributed by atoms with van der Waals surface area (Å²) in [7, 11) is 0. The molecule has 0 fully saturated rings. The number of phenolic OH excluding ortho intramolecular Hbond substituents is 2. The van der Waals surface area contributed by atoms with Crippen molar-refractivity contribution in [2.45, 2.75) is 6.54 Å². The highest BCUT2D eigenvalue weighted by molar-refractivity contribution is 6.14. The van der Waals surface area contributed by atoms with E-state index in [1.165, 1.54) is 6.07 Å². The molecule has 3 nitrogen and oxygen atoms in total. The summed E-state index contributed by atoms with van der Waals surface area (Å²) >= 11 is 0. The molecule has 0 spiro atoms. The number of aliphatic imine (C=N–C) groups is 1. The van der Waals surface area contributed by atoms with Crippen molar-refractivity contribution in [2.75, 3.05) is 0 Å². The Hall–Kier alpha value is -3.07. The van der Waals surface area contributed by atoms with Gasteiger partial charge in [-0.3, -0.25) is 4.99 Å². The molecule has 0 unspecified atom stereocenters. The van der Waals surface area contributed by atoms with Crippen LogP contribution in [0.5, 0.6) is 11.5 Å². The third-order valence-electron chi connectivity index (χ3n) is 3.55. The second kappa shape index (κ2) is 6.79. The fourth-order valence-electron chi connectivity index (χ4n) is 2.40. The smallest absolute Gasteiger partial charge is 0.128 e. The lowest BCUT2D eigenvalue weighted by molar-refractivity contribution is 0.450. The molecule has 0 aromatic heterocycles. The molecular formula is C20H17NO2. The van der Waals surface area contributed by atoms with Crippen molar-refractivity contribution in [2.24, 2.45) is 4.99 Å². The Kier molecular flexibility index (Phi) is 4.39. The van der Waals surface area contributed by atoms with Gasteiger partial charge in [0.2, 0.25) is 0 Å². The van der Waals surface area contributed by atoms with Gasteiger partial charge >= 0.3 is 0 Å². The second-order valence-electron chi connectivity index (χ2n) is 5.22. The molecule has 0 amide bonds. The summed E-state index contributed by atoms with van der Waals surface area (Å²) in [5.74, 6) is 0.0439. The maximum absolute atomic E-state index is 10.2. The van der Waals surface area contributed by atoms with Crippen LogP contribution in [0.2, 0.25) is 0 Å². The zero-order valence-electron chi connectivity index (χ0n) is 12.6. The predicted molar refractivity (Wildman–Crippen MR) is 92.0 cm³/mol. The van der Waals surface area contributed by atoms with Crippen molar-refractivity contribution in [3.8, 4) is 11.5 Å². The van der Waals surface area contributed by atoms with Gasteiger partial charge in [0.15, 0.2) is 0 Å². The zero-order valence-corrected chi connectivity index (χ0v) is 12.6. The molecule has 3 aromatic carbocycles. The quantitative estimate of drug-likeness (QED) is 0.712. The molecule has 0 aliphatic rings. The molecule has 0 bridgehead atoms. The number of phenols is 2. The van der Waals surface area contributed by atoms with E-state index in [-0.39, 0.29) is 11.5 Å². The normalized spacial score (nSPS) is 11.4. The van der Waals surface area contributed by atoms with Gasteiger partial charge in [0.05, 0.1) is 12.3 Å². The van der Waals surface area contributed by atoms with Crippen LogP contribution in [0.1, 0.15) is 16.7 Å². The minimum atomic E-state index is 0.0145. The van der Waals surface area contributed by atoms with Gasteiger partial charge in [0.25, 0.3) is 0 Å². The van der Waals surface area contributed by atoms with Crippen molar-refractivity contribution >= 4 is 5.71 Å². The number of aromatic hydroxyl groups is 2. The van der Waals surface area contributed by atoms with E-state index in [0.29, 0.717) is 17.8 Å². The Morgan fingerprint density at radius 3 is 2.09 bits per heavy atom. The molecule has 0 saturated heterocycles. The number of hydrogen-bond donors (Lipinski definition) is 2. The van der Waals surface area contributed by atoms with E-state index in [2.05, 4.69) is 0 Å². The monoisotopic (exact) mass is 303 g/mol. The van der Waals surface area contributed by atoms with Crippen LogP contribution in [0.15, 0.2) is 83.9 Å². The van der Waals surface area contributed by atoms with Crippen molar-refractivity contribution in [1.29, 1.82) is 0 Å². The summed E-state index contributed by atoms with van der Waals surface area (Å²) < 4.78 is 0. The van der Waals surface area contributed by atoms with E-state index >= 15 is 0 Å². The van der Waals surface area contributed by atoms with Crippen molar-refractivity contribution in [3.05, 3.63) is 95.6 Å². The molecule has 0 radical (unpaired) electrons. The summed E-state index contributed by atoms with van der Waals surface area (Å²) in [5.41, 5.74) is 3.32. The third kappa shape index (κ3) is 3.58. The Bertz CT molecular complexity index is 812. The Morgan fingerprint density at radius 1 is 0.783 bits per heavy atom. The molecule has 0 atom stereocenters. The van der Waals surface area contributed by atoms with Gasteiger partial charge in [-0.2, -0.15) is 0 Å². The van der Waals surface area contributed by atoms with Gasteiger partial charge in [-0.15, -0.1) is 0 Å². The standard InChI is InChI=1S/C20H17NO2/c22-17-11-12-18(19(23)13-17)20(16-9-5-2-6-10-16)21-14-15-7-3-1-4-8-15/h1-13,22-23H,14H2/b21-20+. The first-order chi connectivity index (χ1) is 11.2. The molecule has 2 N–H and O–H groups in total. The first-order valence-corrected chi connectivity index (χ1v) is 7.40. The fourth-order valence-corrected chi connectivity index (χ4v) is 2.40. The predicted octanol–water partition coefficient (Wildman–Crippen LogP) is 4.14. The average molecular weight is 303 g/mol.